The zero-order valence-corrected chi connectivity index (χ0v) is 11.5. The summed E-state index contributed by atoms with van der Waals surface area (Å²) in [5.74, 6) is 0.177. The second-order valence-electron chi connectivity index (χ2n) is 3.15. The second kappa shape index (κ2) is 5.67. The maximum Gasteiger partial charge on any atom is 0.244 e. The van der Waals surface area contributed by atoms with Gasteiger partial charge in [0.05, 0.1) is 13.7 Å². The van der Waals surface area contributed by atoms with E-state index in [1.807, 2.05) is 0 Å². The summed E-state index contributed by atoms with van der Waals surface area (Å²) in [5, 5.41) is 8.61. The number of nitrogen functional groups attached to an aromatic ring is 1. The predicted octanol–water partition coefficient (Wildman–Crippen LogP) is 0.311. The first-order valence-electron chi connectivity index (χ1n) is 4.66. The van der Waals surface area contributed by atoms with Crippen LogP contribution in [0, 0.1) is 0 Å². The van der Waals surface area contributed by atoms with Crippen molar-refractivity contribution in [3.05, 3.63) is 16.6 Å². The Hall–Kier alpha value is -0.830. The average molecular weight is 325 g/mol. The Labute approximate surface area is 108 Å². The Bertz CT molecular complexity index is 504. The molecule has 17 heavy (non-hydrogen) atoms. The summed E-state index contributed by atoms with van der Waals surface area (Å²) < 4.78 is 31.5. The number of halogens is 1. The van der Waals surface area contributed by atoms with Crippen molar-refractivity contribution in [1.82, 2.24) is 4.72 Å². The van der Waals surface area contributed by atoms with Crippen LogP contribution < -0.4 is 15.2 Å². The smallest absolute Gasteiger partial charge is 0.244 e. The van der Waals surface area contributed by atoms with Crippen molar-refractivity contribution in [1.29, 1.82) is 0 Å². The monoisotopic (exact) mass is 324 g/mol. The summed E-state index contributed by atoms with van der Waals surface area (Å²) in [7, 11) is -2.38. The van der Waals surface area contributed by atoms with Gasteiger partial charge in [-0.1, -0.05) is 0 Å². The zero-order chi connectivity index (χ0) is 13.1. The third-order valence-corrected chi connectivity index (χ3v) is 4.15. The van der Waals surface area contributed by atoms with Crippen molar-refractivity contribution in [2.75, 3.05) is 26.0 Å². The highest BCUT2D eigenvalue weighted by molar-refractivity contribution is 9.10. The highest BCUT2D eigenvalue weighted by Gasteiger charge is 2.20. The summed E-state index contributed by atoms with van der Waals surface area (Å²) in [6, 6.07) is 2.77. The summed E-state index contributed by atoms with van der Waals surface area (Å²) in [6.07, 6.45) is 0. The van der Waals surface area contributed by atoms with Gasteiger partial charge in [-0.25, -0.2) is 13.1 Å². The van der Waals surface area contributed by atoms with Crippen molar-refractivity contribution in [2.45, 2.75) is 4.90 Å². The van der Waals surface area contributed by atoms with Crippen LogP contribution in [0.5, 0.6) is 5.75 Å². The van der Waals surface area contributed by atoms with Crippen LogP contribution in [0.1, 0.15) is 0 Å². The molecule has 0 aliphatic carbocycles. The summed E-state index contributed by atoms with van der Waals surface area (Å²) in [6.45, 7) is -0.352. The van der Waals surface area contributed by atoms with Crippen LogP contribution in [-0.2, 0) is 10.0 Å². The summed E-state index contributed by atoms with van der Waals surface area (Å²) in [5.41, 5.74) is 5.91. The predicted molar refractivity (Wildman–Crippen MR) is 67.4 cm³/mol. The van der Waals surface area contributed by atoms with E-state index in [0.717, 1.165) is 0 Å². The number of hydrogen-bond acceptors (Lipinski definition) is 5. The van der Waals surface area contributed by atoms with E-state index < -0.39 is 10.0 Å². The second-order valence-corrected chi connectivity index (χ2v) is 5.74. The highest BCUT2D eigenvalue weighted by atomic mass is 79.9. The average Bonchev–Trinajstić information content (AvgIpc) is 2.29. The molecule has 0 saturated heterocycles. The Morgan fingerprint density at radius 3 is 2.71 bits per heavy atom. The van der Waals surface area contributed by atoms with Gasteiger partial charge in [-0.3, -0.25) is 0 Å². The van der Waals surface area contributed by atoms with Gasteiger partial charge in [0.15, 0.2) is 0 Å². The fourth-order valence-electron chi connectivity index (χ4n) is 1.18. The van der Waals surface area contributed by atoms with Crippen LogP contribution in [0.3, 0.4) is 0 Å². The highest BCUT2D eigenvalue weighted by Crippen LogP contribution is 2.31. The van der Waals surface area contributed by atoms with E-state index in [4.69, 9.17) is 15.6 Å². The molecule has 0 aliphatic rings. The van der Waals surface area contributed by atoms with E-state index in [-0.39, 0.29) is 29.5 Å². The van der Waals surface area contributed by atoms with Gasteiger partial charge in [-0.05, 0) is 28.1 Å². The minimum Gasteiger partial charge on any atom is -0.495 e. The van der Waals surface area contributed by atoms with Crippen molar-refractivity contribution in [3.8, 4) is 5.75 Å². The van der Waals surface area contributed by atoms with Crippen LogP contribution >= 0.6 is 15.9 Å². The fraction of sp³-hybridized carbons (Fsp3) is 0.333. The van der Waals surface area contributed by atoms with Crippen LogP contribution in [-0.4, -0.2) is 33.8 Å². The fourth-order valence-corrected chi connectivity index (χ4v) is 2.71. The molecule has 0 radical (unpaired) electrons. The Kier molecular flexibility index (Phi) is 4.75. The molecule has 0 unspecified atom stereocenters. The maximum absolute atomic E-state index is 11.9. The van der Waals surface area contributed by atoms with Gasteiger partial charge in [0.2, 0.25) is 10.0 Å². The molecule has 0 fully saturated rings. The third kappa shape index (κ3) is 3.32. The lowest BCUT2D eigenvalue weighted by Gasteiger charge is -2.11. The lowest BCUT2D eigenvalue weighted by atomic mass is 10.3. The Morgan fingerprint density at radius 1 is 1.53 bits per heavy atom. The molecule has 0 aliphatic heterocycles. The SMILES string of the molecule is COc1cc(Br)c(N)cc1S(=O)(=O)NCCO. The first kappa shape index (κ1) is 14.2. The van der Waals surface area contributed by atoms with Gasteiger partial charge in [0.25, 0.3) is 0 Å². The van der Waals surface area contributed by atoms with Crippen LogP contribution in [0.4, 0.5) is 5.69 Å². The zero-order valence-electron chi connectivity index (χ0n) is 9.10. The van der Waals surface area contributed by atoms with Gasteiger partial charge in [-0.15, -0.1) is 0 Å². The van der Waals surface area contributed by atoms with E-state index in [0.29, 0.717) is 4.47 Å². The molecule has 96 valence electrons. The van der Waals surface area contributed by atoms with Crippen LogP contribution in [0.2, 0.25) is 0 Å². The molecule has 0 atom stereocenters. The molecular weight excluding hydrogens is 312 g/mol. The molecule has 1 aromatic carbocycles. The van der Waals surface area contributed by atoms with E-state index in [1.54, 1.807) is 0 Å². The molecule has 1 aromatic rings. The first-order chi connectivity index (χ1) is 7.92. The molecule has 6 nitrogen and oxygen atoms in total. The van der Waals surface area contributed by atoms with Crippen molar-refractivity contribution >= 4 is 31.6 Å². The van der Waals surface area contributed by atoms with Crippen molar-refractivity contribution in [2.24, 2.45) is 0 Å². The number of hydrogen-bond donors (Lipinski definition) is 3. The molecule has 0 heterocycles. The molecular formula is C9H13BrN2O4S. The minimum absolute atomic E-state index is 0.0610. The van der Waals surface area contributed by atoms with Gasteiger partial charge in [-0.2, -0.15) is 0 Å². The summed E-state index contributed by atoms with van der Waals surface area (Å²) >= 11 is 3.18. The number of anilines is 1. The Morgan fingerprint density at radius 2 is 2.18 bits per heavy atom. The van der Waals surface area contributed by atoms with Crippen LogP contribution in [0.25, 0.3) is 0 Å². The lowest BCUT2D eigenvalue weighted by Crippen LogP contribution is -2.27. The van der Waals surface area contributed by atoms with Gasteiger partial charge in [0.1, 0.15) is 10.6 Å². The van der Waals surface area contributed by atoms with E-state index in [1.165, 1.54) is 19.2 Å². The first-order valence-corrected chi connectivity index (χ1v) is 6.93. The lowest BCUT2D eigenvalue weighted by molar-refractivity contribution is 0.301. The number of sulfonamides is 1. The number of nitrogens with one attached hydrogen (secondary N) is 1. The molecule has 0 spiro atoms. The number of aliphatic hydroxyl groups excluding tert-OH is 1. The van der Waals surface area contributed by atoms with Gasteiger partial charge >= 0.3 is 0 Å². The normalized spacial score (nSPS) is 11.5. The van der Waals surface area contributed by atoms with E-state index in [2.05, 4.69) is 20.7 Å². The quantitative estimate of drug-likeness (QED) is 0.677. The molecule has 0 amide bonds. The molecule has 0 bridgehead atoms. The van der Waals surface area contributed by atoms with Crippen LogP contribution in [0.15, 0.2) is 21.5 Å². The Balaban J connectivity index is 3.25. The van der Waals surface area contributed by atoms with E-state index in [9.17, 15) is 8.42 Å². The maximum atomic E-state index is 11.9. The standard InChI is InChI=1S/C9H13BrN2O4S/c1-16-8-4-6(10)7(11)5-9(8)17(14,15)12-2-3-13/h4-5,12-13H,2-3,11H2,1H3. The molecule has 0 saturated carbocycles. The topological polar surface area (TPSA) is 102 Å². The van der Waals surface area contributed by atoms with Gasteiger partial charge < -0.3 is 15.6 Å². The number of ether oxygens (including phenoxy) is 1. The van der Waals surface area contributed by atoms with Gasteiger partial charge in [0, 0.05) is 16.7 Å². The number of methoxy groups -OCH3 is 1. The van der Waals surface area contributed by atoms with Crippen molar-refractivity contribution in [3.63, 3.8) is 0 Å². The number of rotatable bonds is 5. The molecule has 4 N–H and O–H groups in total. The number of benzene rings is 1. The van der Waals surface area contributed by atoms with Crippen molar-refractivity contribution < 1.29 is 18.3 Å². The van der Waals surface area contributed by atoms with E-state index >= 15 is 0 Å². The minimum atomic E-state index is -3.74. The molecule has 1 rings (SSSR count). The largest absolute Gasteiger partial charge is 0.495 e. The molecule has 8 heteroatoms. The third-order valence-electron chi connectivity index (χ3n) is 1.98. The molecule has 0 aromatic heterocycles. The number of nitrogens with two attached hydrogens (primary N) is 1. The number of aliphatic hydroxyl groups is 1. The summed E-state index contributed by atoms with van der Waals surface area (Å²) in [4.78, 5) is -0.0610.